The molecule has 0 saturated carbocycles. The summed E-state index contributed by atoms with van der Waals surface area (Å²) < 4.78 is 1.63. The van der Waals surface area contributed by atoms with E-state index in [0.717, 1.165) is 0 Å². The highest BCUT2D eigenvalue weighted by Crippen LogP contribution is 2.22. The molecule has 1 N–H and O–H groups in total. The minimum absolute atomic E-state index is 0.495. The smallest absolute Gasteiger partial charge is 0.154 e. The van der Waals surface area contributed by atoms with Crippen molar-refractivity contribution < 1.29 is 5.11 Å². The monoisotopic (exact) mass is 229 g/mol. The van der Waals surface area contributed by atoms with Crippen LogP contribution >= 0.6 is 22.9 Å². The van der Waals surface area contributed by atoms with Gasteiger partial charge in [0.2, 0.25) is 0 Å². The number of aromatic nitrogens is 3. The minimum atomic E-state index is -0.807. The van der Waals surface area contributed by atoms with Gasteiger partial charge in [-0.2, -0.15) is 0 Å². The molecule has 0 spiro atoms. The zero-order chi connectivity index (χ0) is 10.1. The number of hydrogen-bond donors (Lipinski definition) is 1. The van der Waals surface area contributed by atoms with Gasteiger partial charge in [-0.05, 0) is 0 Å². The van der Waals surface area contributed by atoms with E-state index in [1.807, 2.05) is 0 Å². The van der Waals surface area contributed by atoms with Gasteiger partial charge in [0.1, 0.15) is 11.0 Å². The van der Waals surface area contributed by atoms with Crippen LogP contribution in [0.5, 0.6) is 0 Å². The van der Waals surface area contributed by atoms with E-state index in [0.29, 0.717) is 16.7 Å². The molecule has 1 atom stereocenters. The second-order valence-electron chi connectivity index (χ2n) is 2.81. The average Bonchev–Trinajstić information content (AvgIpc) is 2.77. The van der Waals surface area contributed by atoms with Gasteiger partial charge in [-0.25, -0.2) is 9.97 Å². The van der Waals surface area contributed by atoms with E-state index >= 15 is 0 Å². The molecular formula is C8H8ClN3OS. The molecule has 0 radical (unpaired) electrons. The number of aliphatic hydroxyl groups is 1. The lowest BCUT2D eigenvalue weighted by Gasteiger charge is -2.07. The fourth-order valence-electron chi connectivity index (χ4n) is 1.15. The van der Waals surface area contributed by atoms with Gasteiger partial charge in [0.15, 0.2) is 6.10 Å². The molecule has 0 aromatic carbocycles. The molecule has 2 aromatic heterocycles. The second-order valence-corrected chi connectivity index (χ2v) is 3.92. The van der Waals surface area contributed by atoms with Crippen LogP contribution < -0.4 is 0 Å². The van der Waals surface area contributed by atoms with Crippen LogP contribution in [0.1, 0.15) is 17.6 Å². The number of hydrogen-bond acceptors (Lipinski definition) is 4. The predicted octanol–water partition coefficient (Wildman–Crippen LogP) is 1.61. The minimum Gasteiger partial charge on any atom is -0.379 e. The molecule has 1 unspecified atom stereocenters. The quantitative estimate of drug-likeness (QED) is 0.851. The number of thiazole rings is 1. The molecule has 0 saturated heterocycles. The first-order valence-electron chi connectivity index (χ1n) is 3.93. The van der Waals surface area contributed by atoms with Crippen LogP contribution in [0.3, 0.4) is 0 Å². The summed E-state index contributed by atoms with van der Waals surface area (Å²) in [6.45, 7) is 0. The van der Waals surface area contributed by atoms with Crippen molar-refractivity contribution in [3.05, 3.63) is 33.8 Å². The predicted molar refractivity (Wildman–Crippen MR) is 54.4 cm³/mol. The maximum Gasteiger partial charge on any atom is 0.154 e. The molecule has 74 valence electrons. The summed E-state index contributed by atoms with van der Waals surface area (Å²) in [5, 5.41) is 12.2. The maximum absolute atomic E-state index is 9.88. The number of halogens is 1. The third-order valence-electron chi connectivity index (χ3n) is 1.94. The second kappa shape index (κ2) is 3.68. The van der Waals surface area contributed by atoms with E-state index in [1.54, 1.807) is 22.5 Å². The highest BCUT2D eigenvalue weighted by molar-refractivity contribution is 7.07. The van der Waals surface area contributed by atoms with Crippen molar-refractivity contribution in [2.75, 3.05) is 0 Å². The Bertz CT molecular complexity index is 426. The van der Waals surface area contributed by atoms with E-state index in [-0.39, 0.29) is 0 Å². The first-order chi connectivity index (χ1) is 6.70. The number of aliphatic hydroxyl groups excluding tert-OH is 1. The Morgan fingerprint density at radius 3 is 2.86 bits per heavy atom. The summed E-state index contributed by atoms with van der Waals surface area (Å²) in [6.07, 6.45) is 0.700. The van der Waals surface area contributed by atoms with Crippen LogP contribution in [0.4, 0.5) is 0 Å². The third kappa shape index (κ3) is 1.54. The van der Waals surface area contributed by atoms with Crippen molar-refractivity contribution in [2.24, 2.45) is 7.05 Å². The Kier molecular flexibility index (Phi) is 2.54. The first-order valence-corrected chi connectivity index (χ1v) is 5.25. The third-order valence-corrected chi connectivity index (χ3v) is 2.90. The molecule has 2 aromatic rings. The lowest BCUT2D eigenvalue weighted by atomic mass is 10.2. The lowest BCUT2D eigenvalue weighted by molar-refractivity contribution is 0.202. The Labute approximate surface area is 89.8 Å². The molecule has 4 nitrogen and oxygen atoms in total. The van der Waals surface area contributed by atoms with Crippen LogP contribution in [0.15, 0.2) is 17.1 Å². The van der Waals surface area contributed by atoms with Gasteiger partial charge in [0, 0.05) is 12.4 Å². The van der Waals surface area contributed by atoms with Gasteiger partial charge in [0.05, 0.1) is 17.4 Å². The van der Waals surface area contributed by atoms with Crippen molar-refractivity contribution in [3.63, 3.8) is 0 Å². The number of nitrogens with zero attached hydrogens (tertiary/aromatic N) is 3. The molecule has 2 heterocycles. The van der Waals surface area contributed by atoms with Crippen molar-refractivity contribution >= 4 is 22.9 Å². The molecule has 2 rings (SSSR count). The SMILES string of the molecule is Cn1c(Cl)cnc1C(O)c1cscn1. The molecule has 0 aliphatic heterocycles. The molecule has 0 fully saturated rings. The zero-order valence-corrected chi connectivity index (χ0v) is 8.96. The van der Waals surface area contributed by atoms with E-state index in [1.165, 1.54) is 17.5 Å². The molecule has 0 bridgehead atoms. The largest absolute Gasteiger partial charge is 0.379 e. The number of imidazole rings is 1. The van der Waals surface area contributed by atoms with Gasteiger partial charge in [-0.3, -0.25) is 0 Å². The molecule has 6 heteroatoms. The van der Waals surface area contributed by atoms with E-state index < -0.39 is 6.10 Å². The van der Waals surface area contributed by atoms with Gasteiger partial charge < -0.3 is 9.67 Å². The topological polar surface area (TPSA) is 50.9 Å². The van der Waals surface area contributed by atoms with Crippen LogP contribution in [0, 0.1) is 0 Å². The lowest BCUT2D eigenvalue weighted by Crippen LogP contribution is -2.07. The van der Waals surface area contributed by atoms with Crippen LogP contribution in [-0.2, 0) is 7.05 Å². The summed E-state index contributed by atoms with van der Waals surface area (Å²) >= 11 is 7.24. The summed E-state index contributed by atoms with van der Waals surface area (Å²) in [4.78, 5) is 8.03. The highest BCUT2D eigenvalue weighted by Gasteiger charge is 2.18. The van der Waals surface area contributed by atoms with Crippen LogP contribution in [0.2, 0.25) is 5.15 Å². The molecular weight excluding hydrogens is 222 g/mol. The van der Waals surface area contributed by atoms with E-state index in [2.05, 4.69) is 9.97 Å². The van der Waals surface area contributed by atoms with Gasteiger partial charge >= 0.3 is 0 Å². The van der Waals surface area contributed by atoms with E-state index in [4.69, 9.17) is 11.6 Å². The Hall–Kier alpha value is -0.910. The van der Waals surface area contributed by atoms with Crippen molar-refractivity contribution in [1.29, 1.82) is 0 Å². The fraction of sp³-hybridized carbons (Fsp3) is 0.250. The maximum atomic E-state index is 9.88. The normalized spacial score (nSPS) is 13.1. The van der Waals surface area contributed by atoms with Crippen LogP contribution in [-0.4, -0.2) is 19.6 Å². The van der Waals surface area contributed by atoms with E-state index in [9.17, 15) is 5.11 Å². The average molecular weight is 230 g/mol. The number of rotatable bonds is 2. The van der Waals surface area contributed by atoms with Gasteiger partial charge in [-0.15, -0.1) is 11.3 Å². The Balaban J connectivity index is 2.36. The van der Waals surface area contributed by atoms with Gasteiger partial charge in [0.25, 0.3) is 0 Å². The summed E-state index contributed by atoms with van der Waals surface area (Å²) in [5.41, 5.74) is 2.27. The fourth-order valence-corrected chi connectivity index (χ4v) is 1.85. The zero-order valence-electron chi connectivity index (χ0n) is 7.38. The molecule has 0 amide bonds. The summed E-state index contributed by atoms with van der Waals surface area (Å²) in [6, 6.07) is 0. The summed E-state index contributed by atoms with van der Waals surface area (Å²) in [7, 11) is 1.75. The Morgan fingerprint density at radius 1 is 1.57 bits per heavy atom. The highest BCUT2D eigenvalue weighted by atomic mass is 35.5. The standard InChI is InChI=1S/C8H8ClN3OS/c1-12-6(9)2-10-8(12)7(13)5-3-14-4-11-5/h2-4,7,13H,1H3. The van der Waals surface area contributed by atoms with Crippen LogP contribution in [0.25, 0.3) is 0 Å². The van der Waals surface area contributed by atoms with Crippen molar-refractivity contribution in [3.8, 4) is 0 Å². The molecule has 14 heavy (non-hydrogen) atoms. The van der Waals surface area contributed by atoms with Crippen molar-refractivity contribution in [2.45, 2.75) is 6.10 Å². The van der Waals surface area contributed by atoms with Crippen molar-refractivity contribution in [1.82, 2.24) is 14.5 Å². The molecule has 0 aliphatic carbocycles. The Morgan fingerprint density at radius 2 is 2.36 bits per heavy atom. The summed E-state index contributed by atoms with van der Waals surface area (Å²) in [5.74, 6) is 0.501. The molecule has 0 aliphatic rings. The first kappa shape index (κ1) is 9.64. The van der Waals surface area contributed by atoms with Gasteiger partial charge in [-0.1, -0.05) is 11.6 Å².